The van der Waals surface area contributed by atoms with Crippen LogP contribution in [0.1, 0.15) is 0 Å². The minimum Gasteiger partial charge on any atom is -0.463 e. The lowest BCUT2D eigenvalue weighted by Gasteiger charge is -2.18. The minimum absolute atomic E-state index is 0.812. The van der Waals surface area contributed by atoms with Crippen molar-refractivity contribution in [1.29, 1.82) is 0 Å². The number of hydrogen-bond acceptors (Lipinski definition) is 2. The number of fused-ring (bicyclic) bond motifs is 11. The number of para-hydroxylation sites is 3. The molecule has 3 nitrogen and oxygen atoms in total. The van der Waals surface area contributed by atoms with E-state index < -0.39 is 0 Å². The van der Waals surface area contributed by atoms with Crippen molar-refractivity contribution in [3.05, 3.63) is 200 Å². The molecule has 0 spiro atoms. The van der Waals surface area contributed by atoms with Gasteiger partial charge >= 0.3 is 0 Å². The summed E-state index contributed by atoms with van der Waals surface area (Å²) in [6, 6.07) is 70.0. The fraction of sp³-hybridized carbons (Fsp3) is 0. The molecule has 3 heterocycles. The van der Waals surface area contributed by atoms with Crippen LogP contribution < -0.4 is 0 Å². The molecule has 0 bridgehead atoms. The van der Waals surface area contributed by atoms with Crippen molar-refractivity contribution in [3.63, 3.8) is 0 Å². The Labute approximate surface area is 338 Å². The first-order valence-corrected chi connectivity index (χ1v) is 20.2. The van der Waals surface area contributed by atoms with Crippen LogP contribution in [0.25, 0.3) is 126 Å². The zero-order valence-corrected chi connectivity index (χ0v) is 31.8. The van der Waals surface area contributed by atoms with Crippen molar-refractivity contribution in [3.8, 4) is 39.1 Å². The molecule has 274 valence electrons. The van der Waals surface area contributed by atoms with Gasteiger partial charge in [-0.1, -0.05) is 152 Å². The number of furan rings is 2. The third-order valence-electron chi connectivity index (χ3n) is 12.4. The molecule has 3 heteroatoms. The van der Waals surface area contributed by atoms with Crippen LogP contribution in [0.5, 0.6) is 0 Å². The van der Waals surface area contributed by atoms with Gasteiger partial charge in [-0.05, 0) is 91.5 Å². The third-order valence-corrected chi connectivity index (χ3v) is 12.4. The molecule has 0 saturated carbocycles. The highest BCUT2D eigenvalue weighted by molar-refractivity contribution is 6.26. The molecule has 0 aliphatic heterocycles. The number of aromatic nitrogens is 1. The van der Waals surface area contributed by atoms with Gasteiger partial charge in [0.05, 0.1) is 22.7 Å². The molecule has 0 N–H and O–H groups in total. The molecule has 0 fully saturated rings. The van der Waals surface area contributed by atoms with Gasteiger partial charge in [-0.15, -0.1) is 0 Å². The van der Waals surface area contributed by atoms with E-state index in [1.165, 1.54) is 65.3 Å². The summed E-state index contributed by atoms with van der Waals surface area (Å²) in [6.07, 6.45) is 1.90. The zero-order valence-electron chi connectivity index (χ0n) is 31.8. The van der Waals surface area contributed by atoms with E-state index in [1.54, 1.807) is 0 Å². The topological polar surface area (TPSA) is 31.2 Å². The van der Waals surface area contributed by atoms with Crippen LogP contribution in [0.2, 0.25) is 0 Å². The molecule has 59 heavy (non-hydrogen) atoms. The van der Waals surface area contributed by atoms with Crippen molar-refractivity contribution >= 4 is 87.0 Å². The van der Waals surface area contributed by atoms with Gasteiger partial charge < -0.3 is 13.4 Å². The number of hydrogen-bond donors (Lipinski definition) is 0. The van der Waals surface area contributed by atoms with Gasteiger partial charge in [-0.25, -0.2) is 0 Å². The maximum Gasteiger partial charge on any atom is 0.146 e. The highest BCUT2D eigenvalue weighted by Crippen LogP contribution is 2.48. The van der Waals surface area contributed by atoms with E-state index >= 15 is 0 Å². The Balaban J connectivity index is 1.05. The Hall–Kier alpha value is -7.88. The molecule has 10 aromatic carbocycles. The number of rotatable bonds is 4. The van der Waals surface area contributed by atoms with Gasteiger partial charge in [-0.3, -0.25) is 0 Å². The second-order valence-corrected chi connectivity index (χ2v) is 15.6. The fourth-order valence-electron chi connectivity index (χ4n) is 9.86. The molecule has 3 aromatic heterocycles. The minimum atomic E-state index is 0.812. The Morgan fingerprint density at radius 3 is 1.78 bits per heavy atom. The molecular formula is C56H33NO2. The van der Waals surface area contributed by atoms with Crippen LogP contribution in [-0.2, 0) is 0 Å². The summed E-state index contributed by atoms with van der Waals surface area (Å²) >= 11 is 0. The molecule has 13 aromatic rings. The third kappa shape index (κ3) is 4.64. The molecule has 0 atom stereocenters. The number of benzene rings is 10. The Morgan fingerprint density at radius 1 is 0.356 bits per heavy atom. The molecule has 0 aliphatic rings. The van der Waals surface area contributed by atoms with E-state index in [0.29, 0.717) is 0 Å². The number of nitrogens with zero attached hydrogens (tertiary/aromatic N) is 1. The average Bonchev–Trinajstić information content (AvgIpc) is 4.00. The summed E-state index contributed by atoms with van der Waals surface area (Å²) in [6.45, 7) is 0. The molecule has 0 radical (unpaired) electrons. The largest absolute Gasteiger partial charge is 0.463 e. The van der Waals surface area contributed by atoms with Crippen molar-refractivity contribution in [2.75, 3.05) is 0 Å². The van der Waals surface area contributed by atoms with E-state index in [0.717, 1.165) is 60.8 Å². The predicted molar refractivity (Wildman–Crippen MR) is 247 cm³/mol. The van der Waals surface area contributed by atoms with Crippen LogP contribution in [0.3, 0.4) is 0 Å². The lowest BCUT2D eigenvalue weighted by atomic mass is 9.85. The van der Waals surface area contributed by atoms with Gasteiger partial charge in [0.25, 0.3) is 0 Å². The van der Waals surface area contributed by atoms with E-state index in [2.05, 4.69) is 199 Å². The van der Waals surface area contributed by atoms with Gasteiger partial charge in [-0.2, -0.15) is 0 Å². The second-order valence-electron chi connectivity index (χ2n) is 15.6. The van der Waals surface area contributed by atoms with E-state index in [9.17, 15) is 0 Å². The van der Waals surface area contributed by atoms with Crippen molar-refractivity contribution in [2.24, 2.45) is 0 Å². The summed E-state index contributed by atoms with van der Waals surface area (Å²) in [5, 5.41) is 12.8. The first kappa shape index (κ1) is 32.2. The zero-order chi connectivity index (χ0) is 38.6. The SMILES string of the molecule is c1ccc(-n2c3ccccc3c3ccc(-c4c5ccccc5c(-c5cccc6c5oc5ccc7c(-c8ccc9ccccc9c8)coc7c56)c5ccccc45)cc32)cc1. The predicted octanol–water partition coefficient (Wildman–Crippen LogP) is 15.9. The fourth-order valence-corrected chi connectivity index (χ4v) is 9.86. The maximum atomic E-state index is 6.90. The molecule has 0 unspecified atom stereocenters. The van der Waals surface area contributed by atoms with E-state index in [1.807, 2.05) is 6.26 Å². The summed E-state index contributed by atoms with van der Waals surface area (Å²) in [5.41, 5.74) is 12.9. The first-order valence-electron chi connectivity index (χ1n) is 20.2. The summed E-state index contributed by atoms with van der Waals surface area (Å²) < 4.78 is 15.8. The van der Waals surface area contributed by atoms with E-state index in [4.69, 9.17) is 8.83 Å². The van der Waals surface area contributed by atoms with Gasteiger partial charge in [0, 0.05) is 43.9 Å². The monoisotopic (exact) mass is 751 g/mol. The Kier molecular flexibility index (Phi) is 6.72. The molecule has 13 rings (SSSR count). The van der Waals surface area contributed by atoms with Crippen LogP contribution in [0, 0.1) is 0 Å². The van der Waals surface area contributed by atoms with Crippen LogP contribution in [0.4, 0.5) is 0 Å². The summed E-state index contributed by atoms with van der Waals surface area (Å²) in [5.74, 6) is 0. The highest BCUT2D eigenvalue weighted by atomic mass is 16.3. The van der Waals surface area contributed by atoms with Crippen molar-refractivity contribution in [2.45, 2.75) is 0 Å². The smallest absolute Gasteiger partial charge is 0.146 e. The van der Waals surface area contributed by atoms with E-state index in [-0.39, 0.29) is 0 Å². The molecule has 0 amide bonds. The van der Waals surface area contributed by atoms with Crippen LogP contribution in [0.15, 0.2) is 209 Å². The van der Waals surface area contributed by atoms with Crippen LogP contribution in [-0.4, -0.2) is 4.57 Å². The standard InChI is InChI=1S/C56H33NO2/c1-2-15-38(16-3-1)57-49-24-11-10-17-39(49)40-28-27-37(32-50(40)57)52-41-18-6-8-20-43(41)53(44-21-9-7-19-42(44)52)46-22-12-23-47-54-51(59-55(46)47)30-29-45-48(33-58-56(45)54)36-26-25-34-13-4-5-14-35(34)31-36/h1-33H. The van der Waals surface area contributed by atoms with Gasteiger partial charge in [0.2, 0.25) is 0 Å². The maximum absolute atomic E-state index is 6.90. The summed E-state index contributed by atoms with van der Waals surface area (Å²) in [7, 11) is 0. The van der Waals surface area contributed by atoms with Crippen molar-refractivity contribution < 1.29 is 8.83 Å². The normalized spacial score (nSPS) is 12.1. The molecular weight excluding hydrogens is 719 g/mol. The highest BCUT2D eigenvalue weighted by Gasteiger charge is 2.23. The molecule has 0 saturated heterocycles. The summed E-state index contributed by atoms with van der Waals surface area (Å²) in [4.78, 5) is 0. The van der Waals surface area contributed by atoms with Crippen LogP contribution >= 0.6 is 0 Å². The lowest BCUT2D eigenvalue weighted by molar-refractivity contribution is 0.619. The average molecular weight is 752 g/mol. The quantitative estimate of drug-likeness (QED) is 0.168. The Bertz CT molecular complexity index is 3790. The molecule has 0 aliphatic carbocycles. The second kappa shape index (κ2) is 12.3. The Morgan fingerprint density at radius 2 is 0.983 bits per heavy atom. The van der Waals surface area contributed by atoms with Crippen molar-refractivity contribution in [1.82, 2.24) is 4.57 Å². The van der Waals surface area contributed by atoms with Gasteiger partial charge in [0.15, 0.2) is 0 Å². The first-order chi connectivity index (χ1) is 29.3. The lowest BCUT2D eigenvalue weighted by Crippen LogP contribution is -1.94. The van der Waals surface area contributed by atoms with Gasteiger partial charge in [0.1, 0.15) is 16.7 Å².